The van der Waals surface area contributed by atoms with Gasteiger partial charge in [-0.2, -0.15) is 0 Å². The van der Waals surface area contributed by atoms with E-state index in [-0.39, 0.29) is 15.4 Å². The van der Waals surface area contributed by atoms with Gasteiger partial charge in [0.2, 0.25) is 15.4 Å². The maximum absolute atomic E-state index is 11.6. The average molecular weight is 321 g/mol. The molecule has 0 bridgehead atoms. The van der Waals surface area contributed by atoms with Crippen LogP contribution in [0.1, 0.15) is 38.5 Å². The van der Waals surface area contributed by atoms with Gasteiger partial charge in [0.05, 0.1) is 0 Å². The number of carbonyl (C=O) groups is 1. The first kappa shape index (κ1) is 17.0. The number of nitrogens with two attached hydrogens (primary N) is 2. The van der Waals surface area contributed by atoms with Crippen molar-refractivity contribution in [3.8, 4) is 0 Å². The van der Waals surface area contributed by atoms with Crippen LogP contribution in [0.25, 0.3) is 0 Å². The van der Waals surface area contributed by atoms with E-state index in [1.807, 2.05) is 0 Å². The lowest BCUT2D eigenvalue weighted by Gasteiger charge is -2.01. The summed E-state index contributed by atoms with van der Waals surface area (Å²) in [6, 6.07) is 0. The van der Waals surface area contributed by atoms with E-state index in [9.17, 15) is 13.2 Å². The topological polar surface area (TPSA) is 141 Å². The highest BCUT2D eigenvalue weighted by Crippen LogP contribution is 2.18. The van der Waals surface area contributed by atoms with E-state index in [1.54, 1.807) is 0 Å². The molecule has 0 aliphatic rings. The molecular formula is C10H19N5O3S2. The molecule has 0 fully saturated rings. The van der Waals surface area contributed by atoms with E-state index in [0.717, 1.165) is 43.4 Å². The van der Waals surface area contributed by atoms with E-state index < -0.39 is 10.0 Å². The Balaban J connectivity index is 2.27. The van der Waals surface area contributed by atoms with Crippen LogP contribution in [-0.2, 0) is 14.8 Å². The van der Waals surface area contributed by atoms with Crippen molar-refractivity contribution in [2.75, 3.05) is 11.9 Å². The fourth-order valence-electron chi connectivity index (χ4n) is 1.52. The first-order chi connectivity index (χ1) is 9.43. The van der Waals surface area contributed by atoms with Gasteiger partial charge >= 0.3 is 0 Å². The third kappa shape index (κ3) is 6.37. The number of hydrogen-bond acceptors (Lipinski definition) is 7. The smallest absolute Gasteiger partial charge is 0.267 e. The highest BCUT2D eigenvalue weighted by atomic mass is 32.2. The molecule has 0 unspecified atom stereocenters. The summed E-state index contributed by atoms with van der Waals surface area (Å²) in [6.45, 7) is 0.698. The fourth-order valence-corrected chi connectivity index (χ4v) is 2.87. The third-order valence-electron chi connectivity index (χ3n) is 2.50. The number of primary sulfonamides is 1. The summed E-state index contributed by atoms with van der Waals surface area (Å²) >= 11 is 0.737. The molecule has 20 heavy (non-hydrogen) atoms. The largest absolute Gasteiger partial charge is 0.330 e. The Hall–Kier alpha value is -1.10. The number of sulfonamides is 1. The van der Waals surface area contributed by atoms with Crippen molar-refractivity contribution in [3.63, 3.8) is 0 Å². The summed E-state index contributed by atoms with van der Waals surface area (Å²) in [5.74, 6) is -0.207. The lowest BCUT2D eigenvalue weighted by Crippen LogP contribution is -2.11. The van der Waals surface area contributed by atoms with Gasteiger partial charge in [-0.1, -0.05) is 30.6 Å². The van der Waals surface area contributed by atoms with Crippen LogP contribution >= 0.6 is 11.3 Å². The Morgan fingerprint density at radius 3 is 2.40 bits per heavy atom. The van der Waals surface area contributed by atoms with Crippen molar-refractivity contribution in [2.45, 2.75) is 42.9 Å². The second-order valence-electron chi connectivity index (χ2n) is 4.27. The van der Waals surface area contributed by atoms with E-state index in [1.165, 1.54) is 0 Å². The Bertz CT molecular complexity index is 529. The number of amides is 1. The molecule has 0 atom stereocenters. The Morgan fingerprint density at radius 2 is 1.80 bits per heavy atom. The number of nitrogens with zero attached hydrogens (tertiary/aromatic N) is 2. The quantitative estimate of drug-likeness (QED) is 0.444. The maximum Gasteiger partial charge on any atom is 0.267 e. The van der Waals surface area contributed by atoms with Gasteiger partial charge in [-0.05, 0) is 19.4 Å². The number of carbonyl (C=O) groups excluding carboxylic acids is 1. The van der Waals surface area contributed by atoms with Gasteiger partial charge in [-0.25, -0.2) is 13.6 Å². The second kappa shape index (κ2) is 8.25. The molecule has 8 nitrogen and oxygen atoms in total. The van der Waals surface area contributed by atoms with Gasteiger partial charge < -0.3 is 11.1 Å². The fraction of sp³-hybridized carbons (Fsp3) is 0.700. The summed E-state index contributed by atoms with van der Waals surface area (Å²) in [5, 5.41) is 14.5. The Morgan fingerprint density at radius 1 is 1.15 bits per heavy atom. The van der Waals surface area contributed by atoms with Crippen molar-refractivity contribution in [2.24, 2.45) is 10.9 Å². The summed E-state index contributed by atoms with van der Waals surface area (Å²) in [7, 11) is -3.86. The molecule has 1 rings (SSSR count). The van der Waals surface area contributed by atoms with Crippen LogP contribution in [0.5, 0.6) is 0 Å². The summed E-state index contributed by atoms with van der Waals surface area (Å²) in [4.78, 5) is 11.6. The predicted octanol–water partition coefficient (Wildman–Crippen LogP) is 0.423. The molecule has 0 aliphatic carbocycles. The number of rotatable bonds is 9. The monoisotopic (exact) mass is 321 g/mol. The van der Waals surface area contributed by atoms with Crippen molar-refractivity contribution < 1.29 is 13.2 Å². The number of nitrogens with one attached hydrogen (secondary N) is 1. The SMILES string of the molecule is NCCCCCCCC(=O)Nc1nnc(S(N)(=O)=O)s1. The van der Waals surface area contributed by atoms with Crippen LogP contribution in [0.15, 0.2) is 4.34 Å². The molecular weight excluding hydrogens is 302 g/mol. The molecule has 114 valence electrons. The number of anilines is 1. The maximum atomic E-state index is 11.6. The molecule has 1 heterocycles. The summed E-state index contributed by atoms with van der Waals surface area (Å²) < 4.78 is 21.7. The first-order valence-electron chi connectivity index (χ1n) is 6.29. The van der Waals surface area contributed by atoms with E-state index >= 15 is 0 Å². The molecule has 1 aromatic heterocycles. The highest BCUT2D eigenvalue weighted by Gasteiger charge is 2.16. The molecule has 1 aromatic rings. The lowest BCUT2D eigenvalue weighted by molar-refractivity contribution is -0.116. The normalized spacial score (nSPS) is 11.5. The molecule has 0 aromatic carbocycles. The number of aromatic nitrogens is 2. The first-order valence-corrected chi connectivity index (χ1v) is 8.66. The third-order valence-corrected chi connectivity index (χ3v) is 4.65. The van der Waals surface area contributed by atoms with Gasteiger partial charge in [0.25, 0.3) is 10.0 Å². The lowest BCUT2D eigenvalue weighted by atomic mass is 10.1. The van der Waals surface area contributed by atoms with E-state index in [2.05, 4.69) is 15.5 Å². The zero-order valence-electron chi connectivity index (χ0n) is 11.0. The molecule has 0 radical (unpaired) electrons. The molecule has 0 saturated carbocycles. The molecule has 0 aliphatic heterocycles. The molecule has 10 heteroatoms. The molecule has 0 saturated heterocycles. The van der Waals surface area contributed by atoms with Crippen molar-refractivity contribution in [3.05, 3.63) is 0 Å². The van der Waals surface area contributed by atoms with Crippen LogP contribution in [0.4, 0.5) is 5.13 Å². The van der Waals surface area contributed by atoms with Crippen molar-refractivity contribution in [1.29, 1.82) is 0 Å². The van der Waals surface area contributed by atoms with Crippen LogP contribution < -0.4 is 16.2 Å². The Labute approximate surface area is 122 Å². The van der Waals surface area contributed by atoms with Crippen LogP contribution in [0, 0.1) is 0 Å². The van der Waals surface area contributed by atoms with Gasteiger partial charge in [0.15, 0.2) is 0 Å². The van der Waals surface area contributed by atoms with Crippen LogP contribution in [0.2, 0.25) is 0 Å². The molecule has 0 spiro atoms. The van der Waals surface area contributed by atoms with Crippen molar-refractivity contribution >= 4 is 32.4 Å². The zero-order chi connectivity index (χ0) is 15.0. The highest BCUT2D eigenvalue weighted by molar-refractivity contribution is 7.91. The van der Waals surface area contributed by atoms with Crippen molar-refractivity contribution in [1.82, 2.24) is 10.2 Å². The van der Waals surface area contributed by atoms with Gasteiger partial charge in [0, 0.05) is 6.42 Å². The molecule has 5 N–H and O–H groups in total. The van der Waals surface area contributed by atoms with Crippen LogP contribution in [0.3, 0.4) is 0 Å². The Kier molecular flexibility index (Phi) is 6.99. The standard InChI is InChI=1S/C10H19N5O3S2/c11-7-5-3-1-2-4-6-8(16)13-9-14-15-10(19-9)20(12,17)18/h1-7,11H2,(H2,12,17,18)(H,13,14,16). The minimum Gasteiger partial charge on any atom is -0.330 e. The minimum atomic E-state index is -3.86. The van der Waals surface area contributed by atoms with Crippen LogP contribution in [-0.4, -0.2) is 31.1 Å². The van der Waals surface area contributed by atoms with Gasteiger partial charge in [0.1, 0.15) is 0 Å². The number of hydrogen-bond donors (Lipinski definition) is 3. The average Bonchev–Trinajstić information content (AvgIpc) is 2.82. The van der Waals surface area contributed by atoms with Gasteiger partial charge in [-0.15, -0.1) is 10.2 Å². The zero-order valence-corrected chi connectivity index (χ0v) is 12.7. The predicted molar refractivity (Wildman–Crippen MR) is 76.7 cm³/mol. The van der Waals surface area contributed by atoms with Gasteiger partial charge in [-0.3, -0.25) is 4.79 Å². The minimum absolute atomic E-state index is 0.141. The van der Waals surface area contributed by atoms with E-state index in [0.29, 0.717) is 13.0 Å². The second-order valence-corrected chi connectivity index (χ2v) is 6.99. The summed E-state index contributed by atoms with van der Waals surface area (Å²) in [6.07, 6.45) is 5.24. The summed E-state index contributed by atoms with van der Waals surface area (Å²) in [5.41, 5.74) is 5.38. The number of unbranched alkanes of at least 4 members (excludes halogenated alkanes) is 4. The molecule has 1 amide bonds. The van der Waals surface area contributed by atoms with E-state index in [4.69, 9.17) is 10.9 Å².